The highest BCUT2D eigenvalue weighted by Gasteiger charge is 2.15. The van der Waals surface area contributed by atoms with Gasteiger partial charge >= 0.3 is 5.69 Å². The average Bonchev–Trinajstić information content (AvgIpc) is 2.81. The minimum atomic E-state index is -0.205. The molecule has 1 aromatic heterocycles. The van der Waals surface area contributed by atoms with Crippen molar-refractivity contribution in [2.75, 3.05) is 7.05 Å². The Hall–Kier alpha value is -1.24. The number of H-pyrrole nitrogens is 1. The maximum Gasteiger partial charge on any atom is 0.344 e. The maximum absolute atomic E-state index is 11.7. The lowest BCUT2D eigenvalue weighted by Gasteiger charge is -2.13. The highest BCUT2D eigenvalue weighted by Crippen LogP contribution is 2.34. The van der Waals surface area contributed by atoms with Gasteiger partial charge in [0.2, 0.25) is 0 Å². The van der Waals surface area contributed by atoms with Gasteiger partial charge in [0.25, 0.3) is 0 Å². The molecule has 0 aliphatic rings. The highest BCUT2D eigenvalue weighted by atomic mass is 35.5. The molecule has 0 bridgehead atoms. The van der Waals surface area contributed by atoms with Crippen LogP contribution in [0.15, 0.2) is 33.0 Å². The number of hydrogen-bond acceptors (Lipinski definition) is 4. The third kappa shape index (κ3) is 3.51. The fourth-order valence-electron chi connectivity index (χ4n) is 1.95. The van der Waals surface area contributed by atoms with Gasteiger partial charge in [-0.05, 0) is 57.3 Å². The van der Waals surface area contributed by atoms with Gasteiger partial charge in [-0.1, -0.05) is 17.7 Å². The molecule has 0 saturated carbocycles. The molecule has 0 radical (unpaired) electrons. The molecule has 0 spiro atoms. The monoisotopic (exact) mass is 326 g/mol. The number of rotatable bonds is 5. The second-order valence-corrected chi connectivity index (χ2v) is 6.49. The van der Waals surface area contributed by atoms with Crippen molar-refractivity contribution < 1.29 is 0 Å². The lowest BCUT2D eigenvalue weighted by molar-refractivity contribution is 0.534. The van der Waals surface area contributed by atoms with E-state index in [9.17, 15) is 4.79 Å². The Morgan fingerprint density at radius 2 is 2.10 bits per heavy atom. The summed E-state index contributed by atoms with van der Waals surface area (Å²) in [7, 11) is 1.91. The van der Waals surface area contributed by atoms with Crippen LogP contribution in [0.1, 0.15) is 38.4 Å². The van der Waals surface area contributed by atoms with Crippen LogP contribution in [-0.2, 0) is 0 Å². The SMILES string of the molecule is CNC(C)c1ccc(Sc2n[nH]c(=O)n2C(C)C)c(Cl)c1. The lowest BCUT2D eigenvalue weighted by atomic mass is 10.1. The molecule has 114 valence electrons. The van der Waals surface area contributed by atoms with E-state index in [0.29, 0.717) is 10.2 Å². The second-order valence-electron chi connectivity index (χ2n) is 5.08. The Bertz CT molecular complexity index is 680. The molecule has 2 aromatic rings. The zero-order valence-electron chi connectivity index (χ0n) is 12.5. The van der Waals surface area contributed by atoms with Crippen LogP contribution < -0.4 is 11.0 Å². The number of aromatic amines is 1. The predicted molar refractivity (Wildman–Crippen MR) is 86.3 cm³/mol. The molecule has 0 aliphatic heterocycles. The number of nitrogens with one attached hydrogen (secondary N) is 2. The van der Waals surface area contributed by atoms with Gasteiger partial charge in [-0.25, -0.2) is 9.89 Å². The molecule has 0 saturated heterocycles. The summed E-state index contributed by atoms with van der Waals surface area (Å²) in [6.07, 6.45) is 0. The number of aromatic nitrogens is 3. The van der Waals surface area contributed by atoms with Crippen LogP contribution >= 0.6 is 23.4 Å². The molecule has 1 heterocycles. The molecule has 0 fully saturated rings. The fourth-order valence-corrected chi connectivity index (χ4v) is 3.23. The third-order valence-electron chi connectivity index (χ3n) is 3.28. The zero-order valence-corrected chi connectivity index (χ0v) is 14.0. The molecule has 2 rings (SSSR count). The first-order valence-electron chi connectivity index (χ1n) is 6.75. The summed E-state index contributed by atoms with van der Waals surface area (Å²) in [4.78, 5) is 12.6. The first-order valence-corrected chi connectivity index (χ1v) is 7.95. The Kier molecular flexibility index (Phi) is 5.13. The van der Waals surface area contributed by atoms with Gasteiger partial charge in [-0.3, -0.25) is 4.57 Å². The van der Waals surface area contributed by atoms with E-state index in [2.05, 4.69) is 22.4 Å². The maximum atomic E-state index is 11.7. The largest absolute Gasteiger partial charge is 0.344 e. The van der Waals surface area contributed by atoms with E-state index >= 15 is 0 Å². The van der Waals surface area contributed by atoms with Crippen molar-refractivity contribution >= 4 is 23.4 Å². The minimum Gasteiger partial charge on any atom is -0.313 e. The van der Waals surface area contributed by atoms with E-state index in [-0.39, 0.29) is 17.8 Å². The van der Waals surface area contributed by atoms with Crippen LogP contribution in [0.5, 0.6) is 0 Å². The van der Waals surface area contributed by atoms with Gasteiger partial charge in [0.1, 0.15) is 0 Å². The summed E-state index contributed by atoms with van der Waals surface area (Å²) >= 11 is 7.73. The van der Waals surface area contributed by atoms with Crippen LogP contribution in [0.4, 0.5) is 0 Å². The summed E-state index contributed by atoms with van der Waals surface area (Å²) in [5, 5.41) is 11.0. The predicted octanol–water partition coefficient (Wildman–Crippen LogP) is 3.24. The Morgan fingerprint density at radius 3 is 2.67 bits per heavy atom. The van der Waals surface area contributed by atoms with Gasteiger partial charge in [0.05, 0.1) is 5.02 Å². The van der Waals surface area contributed by atoms with Crippen LogP contribution in [0.25, 0.3) is 0 Å². The first-order chi connectivity index (χ1) is 9.93. The molecule has 5 nitrogen and oxygen atoms in total. The second kappa shape index (κ2) is 6.68. The molecule has 0 amide bonds. The quantitative estimate of drug-likeness (QED) is 0.885. The third-order valence-corrected chi connectivity index (χ3v) is 4.75. The average molecular weight is 327 g/mol. The van der Waals surface area contributed by atoms with Crippen molar-refractivity contribution in [2.45, 2.75) is 42.9 Å². The zero-order chi connectivity index (χ0) is 15.6. The molecule has 2 N–H and O–H groups in total. The molecule has 0 aliphatic carbocycles. The standard InChI is InChI=1S/C14H19ClN4OS/c1-8(2)19-13(20)17-18-14(19)21-12-6-5-10(7-11(12)15)9(3)16-4/h5-9,16H,1-4H3,(H,17,20). The summed E-state index contributed by atoms with van der Waals surface area (Å²) in [6, 6.07) is 6.21. The van der Waals surface area contributed by atoms with Crippen molar-refractivity contribution in [1.82, 2.24) is 20.1 Å². The van der Waals surface area contributed by atoms with E-state index < -0.39 is 0 Å². The van der Waals surface area contributed by atoms with Gasteiger partial charge in [-0.2, -0.15) is 0 Å². The van der Waals surface area contributed by atoms with E-state index in [4.69, 9.17) is 11.6 Å². The lowest BCUT2D eigenvalue weighted by Crippen LogP contribution is -2.19. The van der Waals surface area contributed by atoms with Gasteiger partial charge in [-0.15, -0.1) is 5.10 Å². The summed E-state index contributed by atoms with van der Waals surface area (Å²) in [5.74, 6) is 0. The Morgan fingerprint density at radius 1 is 1.38 bits per heavy atom. The summed E-state index contributed by atoms with van der Waals surface area (Å²) < 4.78 is 1.62. The number of benzene rings is 1. The van der Waals surface area contributed by atoms with Crippen LogP contribution in [0.2, 0.25) is 5.02 Å². The topological polar surface area (TPSA) is 62.7 Å². The Balaban J connectivity index is 2.31. The van der Waals surface area contributed by atoms with E-state index in [1.165, 1.54) is 11.8 Å². The highest BCUT2D eigenvalue weighted by molar-refractivity contribution is 7.99. The number of nitrogens with zero attached hydrogens (tertiary/aromatic N) is 2. The molecule has 7 heteroatoms. The Labute approximate surface area is 133 Å². The van der Waals surface area contributed by atoms with Crippen molar-refractivity contribution in [2.24, 2.45) is 0 Å². The van der Waals surface area contributed by atoms with Crippen molar-refractivity contribution in [3.8, 4) is 0 Å². The van der Waals surface area contributed by atoms with Crippen LogP contribution in [-0.4, -0.2) is 21.8 Å². The van der Waals surface area contributed by atoms with Gasteiger partial charge in [0.15, 0.2) is 5.16 Å². The van der Waals surface area contributed by atoms with Crippen LogP contribution in [0, 0.1) is 0 Å². The molecule has 21 heavy (non-hydrogen) atoms. The molecule has 1 atom stereocenters. The minimum absolute atomic E-state index is 0.0427. The van der Waals surface area contributed by atoms with E-state index in [1.807, 2.05) is 39.1 Å². The van der Waals surface area contributed by atoms with Crippen molar-refractivity contribution in [3.63, 3.8) is 0 Å². The van der Waals surface area contributed by atoms with Crippen molar-refractivity contribution in [3.05, 3.63) is 39.3 Å². The normalized spacial score (nSPS) is 12.9. The van der Waals surface area contributed by atoms with E-state index in [1.54, 1.807) is 4.57 Å². The molecular formula is C14H19ClN4OS. The first kappa shape index (κ1) is 16.1. The molecule has 1 aromatic carbocycles. The number of halogens is 1. The van der Waals surface area contributed by atoms with E-state index in [0.717, 1.165) is 10.5 Å². The fraction of sp³-hybridized carbons (Fsp3) is 0.429. The van der Waals surface area contributed by atoms with Gasteiger partial charge in [0, 0.05) is 17.0 Å². The smallest absolute Gasteiger partial charge is 0.313 e. The molecular weight excluding hydrogens is 308 g/mol. The van der Waals surface area contributed by atoms with Gasteiger partial charge < -0.3 is 5.32 Å². The van der Waals surface area contributed by atoms with Crippen LogP contribution in [0.3, 0.4) is 0 Å². The summed E-state index contributed by atoms with van der Waals surface area (Å²) in [5.41, 5.74) is 0.916. The van der Waals surface area contributed by atoms with Crippen molar-refractivity contribution in [1.29, 1.82) is 0 Å². The number of hydrogen-bond donors (Lipinski definition) is 2. The summed E-state index contributed by atoms with van der Waals surface area (Å²) in [6.45, 7) is 5.96. The molecule has 1 unspecified atom stereocenters.